The maximum absolute atomic E-state index is 12.2. The number of aromatic nitrogens is 1. The molecule has 140 valence electrons. The fourth-order valence-electron chi connectivity index (χ4n) is 2.29. The van der Waals surface area contributed by atoms with Gasteiger partial charge in [-0.1, -0.05) is 0 Å². The van der Waals surface area contributed by atoms with Crippen LogP contribution in [-0.2, 0) is 11.2 Å². The number of hydrazine groups is 1. The molecule has 7 nitrogen and oxygen atoms in total. The SMILES string of the molecule is COc1ccc(C(=O)NNC(=O)Cc2csc(-c3ccsc3)n2)cc1OC. The van der Waals surface area contributed by atoms with E-state index in [4.69, 9.17) is 9.47 Å². The molecule has 0 bridgehead atoms. The summed E-state index contributed by atoms with van der Waals surface area (Å²) < 4.78 is 10.3. The number of ether oxygens (including phenoxy) is 2. The minimum Gasteiger partial charge on any atom is -0.493 e. The maximum atomic E-state index is 12.2. The highest BCUT2D eigenvalue weighted by Gasteiger charge is 2.13. The Morgan fingerprint density at radius 1 is 1.07 bits per heavy atom. The highest BCUT2D eigenvalue weighted by atomic mass is 32.1. The fourth-order valence-corrected chi connectivity index (χ4v) is 3.82. The highest BCUT2D eigenvalue weighted by Crippen LogP contribution is 2.27. The van der Waals surface area contributed by atoms with Crippen LogP contribution >= 0.6 is 22.7 Å². The molecule has 2 aromatic heterocycles. The van der Waals surface area contributed by atoms with Gasteiger partial charge in [-0.2, -0.15) is 11.3 Å². The summed E-state index contributed by atoms with van der Waals surface area (Å²) in [6.45, 7) is 0. The normalized spacial score (nSPS) is 10.3. The number of benzene rings is 1. The van der Waals surface area contributed by atoms with Crippen molar-refractivity contribution in [1.82, 2.24) is 15.8 Å². The Labute approximate surface area is 163 Å². The number of hydrogen-bond donors (Lipinski definition) is 2. The Kier molecular flexibility index (Phi) is 6.05. The Morgan fingerprint density at radius 3 is 2.59 bits per heavy atom. The van der Waals surface area contributed by atoms with Crippen molar-refractivity contribution >= 4 is 34.5 Å². The molecule has 0 spiro atoms. The van der Waals surface area contributed by atoms with E-state index < -0.39 is 5.91 Å². The van der Waals surface area contributed by atoms with Gasteiger partial charge in [-0.15, -0.1) is 11.3 Å². The summed E-state index contributed by atoms with van der Waals surface area (Å²) in [6, 6.07) is 6.72. The first-order valence-electron chi connectivity index (χ1n) is 7.89. The van der Waals surface area contributed by atoms with Crippen molar-refractivity contribution in [3.63, 3.8) is 0 Å². The van der Waals surface area contributed by atoms with Crippen molar-refractivity contribution in [2.75, 3.05) is 14.2 Å². The van der Waals surface area contributed by atoms with Gasteiger partial charge in [0.1, 0.15) is 5.01 Å². The van der Waals surface area contributed by atoms with Crippen LogP contribution in [0.25, 0.3) is 10.6 Å². The number of hydrogen-bond acceptors (Lipinski definition) is 7. The lowest BCUT2D eigenvalue weighted by molar-refractivity contribution is -0.121. The van der Waals surface area contributed by atoms with Crippen LogP contribution in [0.2, 0.25) is 0 Å². The molecule has 0 radical (unpaired) electrons. The van der Waals surface area contributed by atoms with Crippen molar-refractivity contribution in [1.29, 1.82) is 0 Å². The Bertz CT molecular complexity index is 938. The zero-order valence-electron chi connectivity index (χ0n) is 14.6. The lowest BCUT2D eigenvalue weighted by atomic mass is 10.2. The van der Waals surface area contributed by atoms with Crippen LogP contribution in [0, 0.1) is 0 Å². The number of carbonyl (C=O) groups is 2. The predicted molar refractivity (Wildman–Crippen MR) is 104 cm³/mol. The lowest BCUT2D eigenvalue weighted by Gasteiger charge is -2.10. The van der Waals surface area contributed by atoms with Crippen LogP contribution < -0.4 is 20.3 Å². The summed E-state index contributed by atoms with van der Waals surface area (Å²) in [5.74, 6) is 0.135. The largest absolute Gasteiger partial charge is 0.493 e. The summed E-state index contributed by atoms with van der Waals surface area (Å²) in [5.41, 5.74) is 6.81. The zero-order chi connectivity index (χ0) is 19.2. The number of amides is 2. The van der Waals surface area contributed by atoms with Gasteiger partial charge < -0.3 is 9.47 Å². The number of nitrogens with zero attached hydrogens (tertiary/aromatic N) is 1. The molecule has 0 aliphatic heterocycles. The van der Waals surface area contributed by atoms with Crippen LogP contribution in [-0.4, -0.2) is 31.0 Å². The van der Waals surface area contributed by atoms with E-state index in [0.29, 0.717) is 22.8 Å². The first-order valence-corrected chi connectivity index (χ1v) is 9.71. The second-order valence-corrected chi connectivity index (χ2v) is 7.04. The first-order chi connectivity index (χ1) is 13.1. The third-order valence-corrected chi connectivity index (χ3v) is 5.25. The van der Waals surface area contributed by atoms with Crippen molar-refractivity contribution in [3.05, 3.63) is 51.7 Å². The van der Waals surface area contributed by atoms with Crippen molar-refractivity contribution in [2.24, 2.45) is 0 Å². The second kappa shape index (κ2) is 8.65. The van der Waals surface area contributed by atoms with Crippen LogP contribution in [0.15, 0.2) is 40.4 Å². The summed E-state index contributed by atoms with van der Waals surface area (Å²) in [4.78, 5) is 28.7. The van der Waals surface area contributed by atoms with Crippen molar-refractivity contribution in [2.45, 2.75) is 6.42 Å². The minimum atomic E-state index is -0.457. The maximum Gasteiger partial charge on any atom is 0.269 e. The van der Waals surface area contributed by atoms with Crippen LogP contribution in [0.1, 0.15) is 16.1 Å². The molecule has 0 saturated heterocycles. The smallest absolute Gasteiger partial charge is 0.269 e. The fraction of sp³-hybridized carbons (Fsp3) is 0.167. The molecular formula is C18H17N3O4S2. The van der Waals surface area contributed by atoms with Gasteiger partial charge in [0.15, 0.2) is 11.5 Å². The van der Waals surface area contributed by atoms with Gasteiger partial charge in [0.25, 0.3) is 5.91 Å². The van der Waals surface area contributed by atoms with Gasteiger partial charge in [0.2, 0.25) is 5.91 Å². The van der Waals surface area contributed by atoms with E-state index in [-0.39, 0.29) is 12.3 Å². The third-order valence-electron chi connectivity index (χ3n) is 3.62. The van der Waals surface area contributed by atoms with Crippen LogP contribution in [0.4, 0.5) is 0 Å². The molecule has 2 heterocycles. The summed E-state index contributed by atoms with van der Waals surface area (Å²) >= 11 is 3.08. The molecule has 0 aliphatic carbocycles. The van der Waals surface area contributed by atoms with Gasteiger partial charge >= 0.3 is 0 Å². The van der Waals surface area contributed by atoms with E-state index in [1.807, 2.05) is 22.2 Å². The molecule has 0 unspecified atom stereocenters. The van der Waals surface area contributed by atoms with Crippen LogP contribution in [0.5, 0.6) is 11.5 Å². The van der Waals surface area contributed by atoms with Crippen LogP contribution in [0.3, 0.4) is 0 Å². The molecule has 0 aliphatic rings. The van der Waals surface area contributed by atoms with E-state index >= 15 is 0 Å². The minimum absolute atomic E-state index is 0.0762. The standard InChI is InChI=1S/C18H17N3O4S2/c1-24-14-4-3-11(7-15(14)25-2)17(23)21-20-16(22)8-13-10-27-18(19-13)12-5-6-26-9-12/h3-7,9-10H,8H2,1-2H3,(H,20,22)(H,21,23). The average molecular weight is 403 g/mol. The van der Waals surface area contributed by atoms with Gasteiger partial charge in [0, 0.05) is 21.9 Å². The molecule has 9 heteroatoms. The number of nitrogens with one attached hydrogen (secondary N) is 2. The second-order valence-electron chi connectivity index (χ2n) is 5.40. The summed E-state index contributed by atoms with van der Waals surface area (Å²) in [6.07, 6.45) is 0.0762. The number of rotatable bonds is 6. The van der Waals surface area contributed by atoms with E-state index in [9.17, 15) is 9.59 Å². The summed E-state index contributed by atoms with van der Waals surface area (Å²) in [5, 5.41) is 6.69. The Hall–Kier alpha value is -2.91. The molecule has 0 fully saturated rings. The molecular weight excluding hydrogens is 386 g/mol. The Morgan fingerprint density at radius 2 is 1.89 bits per heavy atom. The van der Waals surface area contributed by atoms with Gasteiger partial charge in [-0.25, -0.2) is 4.98 Å². The molecule has 0 saturated carbocycles. The Balaban J connectivity index is 1.55. The quantitative estimate of drug-likeness (QED) is 0.618. The zero-order valence-corrected chi connectivity index (χ0v) is 16.3. The summed E-state index contributed by atoms with van der Waals surface area (Å²) in [7, 11) is 3.00. The van der Waals surface area contributed by atoms with E-state index in [2.05, 4.69) is 15.8 Å². The molecule has 3 aromatic rings. The molecule has 27 heavy (non-hydrogen) atoms. The lowest BCUT2D eigenvalue weighted by Crippen LogP contribution is -2.42. The third kappa shape index (κ3) is 4.63. The van der Waals surface area contributed by atoms with E-state index in [1.54, 1.807) is 23.5 Å². The molecule has 2 N–H and O–H groups in total. The van der Waals surface area contributed by atoms with Gasteiger partial charge in [0.05, 0.1) is 26.3 Å². The highest BCUT2D eigenvalue weighted by molar-refractivity contribution is 7.14. The topological polar surface area (TPSA) is 89.6 Å². The molecule has 2 amide bonds. The molecule has 0 atom stereocenters. The number of thiophene rings is 1. The number of thiazole rings is 1. The van der Waals surface area contributed by atoms with E-state index in [1.165, 1.54) is 31.6 Å². The van der Waals surface area contributed by atoms with Crippen molar-refractivity contribution in [3.8, 4) is 22.1 Å². The monoisotopic (exact) mass is 403 g/mol. The predicted octanol–water partition coefficient (Wildman–Crippen LogP) is 2.89. The van der Waals surface area contributed by atoms with Gasteiger partial charge in [-0.3, -0.25) is 20.4 Å². The molecule has 3 rings (SSSR count). The number of methoxy groups -OCH3 is 2. The molecule has 1 aromatic carbocycles. The number of carbonyl (C=O) groups excluding carboxylic acids is 2. The average Bonchev–Trinajstić information content (AvgIpc) is 3.37. The van der Waals surface area contributed by atoms with Crippen molar-refractivity contribution < 1.29 is 19.1 Å². The first kappa shape index (κ1) is 18.9. The van der Waals surface area contributed by atoms with Gasteiger partial charge in [-0.05, 0) is 29.6 Å². The van der Waals surface area contributed by atoms with E-state index in [0.717, 1.165) is 10.6 Å².